The van der Waals surface area contributed by atoms with Crippen LogP contribution >= 0.6 is 0 Å². The normalized spacial score (nSPS) is 17.0. The number of hydrogen-bond donors (Lipinski definition) is 1. The molecular formula is C19H23N3O3S. The van der Waals surface area contributed by atoms with E-state index in [-0.39, 0.29) is 6.04 Å². The molecule has 0 bridgehead atoms. The zero-order chi connectivity index (χ0) is 18.4. The van der Waals surface area contributed by atoms with Gasteiger partial charge in [0, 0.05) is 26.2 Å². The third-order valence-corrected chi connectivity index (χ3v) is 6.17. The molecule has 1 unspecified atom stereocenters. The molecule has 1 aliphatic heterocycles. The molecule has 0 radical (unpaired) electrons. The van der Waals surface area contributed by atoms with E-state index in [1.54, 1.807) is 4.90 Å². The first-order valence-electron chi connectivity index (χ1n) is 8.64. The van der Waals surface area contributed by atoms with E-state index in [0.29, 0.717) is 32.6 Å². The Balaban J connectivity index is 1.77. The van der Waals surface area contributed by atoms with E-state index in [1.165, 1.54) is 4.31 Å². The van der Waals surface area contributed by atoms with Crippen molar-refractivity contribution in [1.29, 1.82) is 0 Å². The Kier molecular flexibility index (Phi) is 6.03. The van der Waals surface area contributed by atoms with Crippen LogP contribution in [0.25, 0.3) is 0 Å². The van der Waals surface area contributed by atoms with E-state index in [1.807, 2.05) is 60.7 Å². The lowest BCUT2D eigenvalue weighted by molar-refractivity contribution is -0.119. The molecule has 2 aromatic carbocycles. The first-order chi connectivity index (χ1) is 12.6. The molecule has 26 heavy (non-hydrogen) atoms. The van der Waals surface area contributed by atoms with Crippen molar-refractivity contribution in [3.63, 3.8) is 0 Å². The second-order valence-electron chi connectivity index (χ2n) is 6.32. The van der Waals surface area contributed by atoms with E-state index >= 15 is 0 Å². The van der Waals surface area contributed by atoms with Crippen LogP contribution in [0.15, 0.2) is 60.7 Å². The van der Waals surface area contributed by atoms with Gasteiger partial charge in [0.2, 0.25) is 6.41 Å². The molecule has 1 fully saturated rings. The Morgan fingerprint density at radius 3 is 2.08 bits per heavy atom. The van der Waals surface area contributed by atoms with E-state index in [9.17, 15) is 13.2 Å². The van der Waals surface area contributed by atoms with Gasteiger partial charge in [-0.25, -0.2) is 0 Å². The number of rotatable bonds is 7. The summed E-state index contributed by atoms with van der Waals surface area (Å²) in [5, 5.41) is 0. The van der Waals surface area contributed by atoms with Crippen LogP contribution in [0, 0.1) is 0 Å². The summed E-state index contributed by atoms with van der Waals surface area (Å²) >= 11 is 0. The minimum atomic E-state index is -3.64. The van der Waals surface area contributed by atoms with Crippen molar-refractivity contribution < 1.29 is 13.2 Å². The van der Waals surface area contributed by atoms with Crippen molar-refractivity contribution in [3.8, 4) is 0 Å². The summed E-state index contributed by atoms with van der Waals surface area (Å²) in [5.41, 5.74) is 1.99. The number of carbonyl (C=O) groups is 1. The van der Waals surface area contributed by atoms with Crippen LogP contribution in [-0.2, 0) is 21.4 Å². The van der Waals surface area contributed by atoms with Crippen molar-refractivity contribution in [2.45, 2.75) is 12.5 Å². The van der Waals surface area contributed by atoms with Gasteiger partial charge in [0.05, 0.1) is 6.04 Å². The van der Waals surface area contributed by atoms with Gasteiger partial charge in [0.1, 0.15) is 0 Å². The molecule has 0 spiro atoms. The summed E-state index contributed by atoms with van der Waals surface area (Å²) in [5.74, 6) is 0. The van der Waals surface area contributed by atoms with Crippen LogP contribution in [0.1, 0.15) is 17.2 Å². The fraction of sp³-hybridized carbons (Fsp3) is 0.316. The van der Waals surface area contributed by atoms with Gasteiger partial charge in [-0.3, -0.25) is 4.79 Å². The van der Waals surface area contributed by atoms with Gasteiger partial charge in [0.15, 0.2) is 0 Å². The molecule has 7 heteroatoms. The smallest absolute Gasteiger partial charge is 0.280 e. The van der Waals surface area contributed by atoms with Crippen molar-refractivity contribution in [3.05, 3.63) is 71.8 Å². The van der Waals surface area contributed by atoms with Crippen molar-refractivity contribution in [1.82, 2.24) is 13.9 Å². The molecular weight excluding hydrogens is 350 g/mol. The molecule has 1 heterocycles. The summed E-state index contributed by atoms with van der Waals surface area (Å²) < 4.78 is 30.0. The number of piperazine rings is 1. The average molecular weight is 373 g/mol. The Bertz CT molecular complexity index is 804. The van der Waals surface area contributed by atoms with Crippen molar-refractivity contribution in [2.24, 2.45) is 0 Å². The zero-order valence-corrected chi connectivity index (χ0v) is 15.3. The third-order valence-electron chi connectivity index (χ3n) is 4.54. The van der Waals surface area contributed by atoms with E-state index < -0.39 is 10.2 Å². The van der Waals surface area contributed by atoms with Gasteiger partial charge in [-0.15, -0.1) is 0 Å². The van der Waals surface area contributed by atoms with Gasteiger partial charge >= 0.3 is 0 Å². The minimum Gasteiger partial charge on any atom is -0.343 e. The molecule has 3 rings (SSSR count). The Hall–Kier alpha value is -2.22. The second kappa shape index (κ2) is 8.44. The maximum Gasteiger partial charge on any atom is 0.280 e. The van der Waals surface area contributed by atoms with E-state index in [0.717, 1.165) is 17.5 Å². The topological polar surface area (TPSA) is 69.7 Å². The van der Waals surface area contributed by atoms with Gasteiger partial charge in [-0.2, -0.15) is 17.4 Å². The highest BCUT2D eigenvalue weighted by Crippen LogP contribution is 2.20. The lowest BCUT2D eigenvalue weighted by atomic mass is 10.00. The van der Waals surface area contributed by atoms with Crippen LogP contribution in [0.4, 0.5) is 0 Å². The van der Waals surface area contributed by atoms with Gasteiger partial charge in [-0.1, -0.05) is 60.7 Å². The Morgan fingerprint density at radius 2 is 1.50 bits per heavy atom. The van der Waals surface area contributed by atoms with Crippen LogP contribution in [-0.4, -0.2) is 50.2 Å². The second-order valence-corrected chi connectivity index (χ2v) is 8.02. The maximum atomic E-state index is 12.9. The minimum absolute atomic E-state index is 0.306. The van der Waals surface area contributed by atoms with Crippen molar-refractivity contribution >= 4 is 16.6 Å². The Morgan fingerprint density at radius 1 is 0.923 bits per heavy atom. The molecule has 1 aliphatic rings. The number of hydrogen-bond acceptors (Lipinski definition) is 3. The molecule has 138 valence electrons. The molecule has 1 N–H and O–H groups in total. The largest absolute Gasteiger partial charge is 0.343 e. The van der Waals surface area contributed by atoms with E-state index in [2.05, 4.69) is 4.72 Å². The van der Waals surface area contributed by atoms with Crippen LogP contribution in [0.3, 0.4) is 0 Å². The summed E-state index contributed by atoms with van der Waals surface area (Å²) in [7, 11) is -3.64. The standard InChI is InChI=1S/C19H23N3O3S/c23-16-21-11-13-22(14-12-21)26(24,25)20-19(18-9-5-2-6-10-18)15-17-7-3-1-4-8-17/h1-10,16,19-20H,11-15H2. The van der Waals surface area contributed by atoms with Gasteiger partial charge in [-0.05, 0) is 17.5 Å². The maximum absolute atomic E-state index is 12.9. The summed E-state index contributed by atoms with van der Waals surface area (Å²) in [6.45, 7) is 1.44. The molecule has 0 saturated carbocycles. The third kappa shape index (κ3) is 4.69. The average Bonchev–Trinajstić information content (AvgIpc) is 2.69. The summed E-state index contributed by atoms with van der Waals surface area (Å²) in [4.78, 5) is 12.4. The number of nitrogens with zero attached hydrogens (tertiary/aromatic N) is 2. The molecule has 1 saturated heterocycles. The summed E-state index contributed by atoms with van der Waals surface area (Å²) in [6.07, 6.45) is 1.33. The van der Waals surface area contributed by atoms with Gasteiger partial charge in [0.25, 0.3) is 10.2 Å². The van der Waals surface area contributed by atoms with Crippen LogP contribution < -0.4 is 4.72 Å². The number of nitrogens with one attached hydrogen (secondary N) is 1. The highest BCUT2D eigenvalue weighted by atomic mass is 32.2. The SMILES string of the molecule is O=CN1CCN(S(=O)(=O)NC(Cc2ccccc2)c2ccccc2)CC1. The van der Waals surface area contributed by atoms with Crippen LogP contribution in [0.2, 0.25) is 0 Å². The molecule has 0 aromatic heterocycles. The first kappa shape index (κ1) is 18.6. The predicted octanol–water partition coefficient (Wildman–Crippen LogP) is 1.58. The first-order valence-corrected chi connectivity index (χ1v) is 10.1. The fourth-order valence-corrected chi connectivity index (χ4v) is 4.44. The highest BCUT2D eigenvalue weighted by Gasteiger charge is 2.29. The lowest BCUT2D eigenvalue weighted by Gasteiger charge is -2.33. The predicted molar refractivity (Wildman–Crippen MR) is 101 cm³/mol. The zero-order valence-electron chi connectivity index (χ0n) is 14.5. The number of benzene rings is 2. The quantitative estimate of drug-likeness (QED) is 0.749. The van der Waals surface area contributed by atoms with E-state index in [4.69, 9.17) is 0 Å². The molecule has 0 aliphatic carbocycles. The number of amides is 1. The molecule has 1 amide bonds. The van der Waals surface area contributed by atoms with Crippen molar-refractivity contribution in [2.75, 3.05) is 26.2 Å². The highest BCUT2D eigenvalue weighted by molar-refractivity contribution is 7.87. The number of carbonyl (C=O) groups excluding carboxylic acids is 1. The fourth-order valence-electron chi connectivity index (χ4n) is 3.07. The monoisotopic (exact) mass is 373 g/mol. The Labute approximate surface area is 154 Å². The lowest BCUT2D eigenvalue weighted by Crippen LogP contribution is -2.52. The summed E-state index contributed by atoms with van der Waals surface area (Å²) in [6, 6.07) is 19.1. The molecule has 2 aromatic rings. The molecule has 1 atom stereocenters. The van der Waals surface area contributed by atoms with Gasteiger partial charge < -0.3 is 4.90 Å². The van der Waals surface area contributed by atoms with Crippen LogP contribution in [0.5, 0.6) is 0 Å². The molecule has 6 nitrogen and oxygen atoms in total.